The van der Waals surface area contributed by atoms with Crippen molar-refractivity contribution in [2.75, 3.05) is 7.11 Å². The summed E-state index contributed by atoms with van der Waals surface area (Å²) in [6.07, 6.45) is 5.49. The van der Waals surface area contributed by atoms with E-state index in [1.54, 1.807) is 7.11 Å². The van der Waals surface area contributed by atoms with E-state index in [9.17, 15) is 0 Å². The molecule has 1 heterocycles. The van der Waals surface area contributed by atoms with E-state index in [4.69, 9.17) is 11.2 Å². The molecule has 0 fully saturated rings. The molecule has 3 heteroatoms. The number of imidazole rings is 1. The molecule has 98 valence electrons. The molecular weight excluding hydrogens is 248 g/mol. The Labute approximate surface area is 117 Å². The molecule has 0 spiro atoms. The molecule has 0 atom stereocenters. The average molecular weight is 262 g/mol. The molecular formula is C17H14N2O. The predicted octanol–water partition coefficient (Wildman–Crippen LogP) is 3.35. The first kappa shape index (κ1) is 12.3. The minimum Gasteiger partial charge on any atom is -0.497 e. The molecule has 0 amide bonds. The maximum absolute atomic E-state index is 5.49. The first-order valence-corrected chi connectivity index (χ1v) is 6.36. The number of rotatable bonds is 3. The van der Waals surface area contributed by atoms with Crippen LogP contribution in [-0.2, 0) is 6.54 Å². The summed E-state index contributed by atoms with van der Waals surface area (Å²) in [7, 11) is 1.66. The Morgan fingerprint density at radius 1 is 1.20 bits per heavy atom. The van der Waals surface area contributed by atoms with Gasteiger partial charge in [-0.2, -0.15) is 0 Å². The Kier molecular flexibility index (Phi) is 3.14. The molecule has 0 bridgehead atoms. The number of para-hydroxylation sites is 2. The molecule has 3 rings (SSSR count). The summed E-state index contributed by atoms with van der Waals surface area (Å²) in [6, 6.07) is 15.8. The van der Waals surface area contributed by atoms with Crippen molar-refractivity contribution in [2.45, 2.75) is 6.54 Å². The van der Waals surface area contributed by atoms with Crippen molar-refractivity contribution in [3.63, 3.8) is 0 Å². The number of methoxy groups -OCH3 is 1. The minimum absolute atomic E-state index is 0.493. The number of terminal acetylenes is 1. The van der Waals surface area contributed by atoms with Crippen molar-refractivity contribution in [1.29, 1.82) is 0 Å². The molecule has 0 N–H and O–H groups in total. The zero-order valence-electron chi connectivity index (χ0n) is 11.2. The molecule has 0 saturated heterocycles. The second kappa shape index (κ2) is 5.10. The zero-order valence-corrected chi connectivity index (χ0v) is 11.2. The van der Waals surface area contributed by atoms with E-state index >= 15 is 0 Å². The molecule has 0 aliphatic heterocycles. The quantitative estimate of drug-likeness (QED) is 0.677. The molecule has 1 aromatic heterocycles. The highest BCUT2D eigenvalue weighted by molar-refractivity contribution is 5.81. The van der Waals surface area contributed by atoms with E-state index in [2.05, 4.69) is 10.9 Å². The van der Waals surface area contributed by atoms with Crippen molar-refractivity contribution in [1.82, 2.24) is 9.55 Å². The fraction of sp³-hybridized carbons (Fsp3) is 0.118. The van der Waals surface area contributed by atoms with Gasteiger partial charge in [-0.1, -0.05) is 30.2 Å². The Bertz CT molecular complexity index is 796. The van der Waals surface area contributed by atoms with Gasteiger partial charge in [-0.25, -0.2) is 4.98 Å². The Balaban J connectivity index is 2.24. The average Bonchev–Trinajstić information content (AvgIpc) is 2.87. The van der Waals surface area contributed by atoms with Gasteiger partial charge in [0.05, 0.1) is 24.7 Å². The van der Waals surface area contributed by atoms with E-state index < -0.39 is 0 Å². The maximum atomic E-state index is 5.49. The minimum atomic E-state index is 0.493. The lowest BCUT2D eigenvalue weighted by atomic mass is 10.2. The van der Waals surface area contributed by atoms with Gasteiger partial charge in [-0.15, -0.1) is 6.42 Å². The van der Waals surface area contributed by atoms with E-state index in [1.165, 1.54) is 0 Å². The van der Waals surface area contributed by atoms with Crippen LogP contribution in [0, 0.1) is 12.3 Å². The summed E-state index contributed by atoms with van der Waals surface area (Å²) >= 11 is 0. The number of benzene rings is 2. The van der Waals surface area contributed by atoms with Gasteiger partial charge in [0.15, 0.2) is 0 Å². The predicted molar refractivity (Wildman–Crippen MR) is 80.6 cm³/mol. The molecule has 0 radical (unpaired) electrons. The SMILES string of the molecule is C#CCn1c(-c2cccc(OC)c2)nc2ccccc21. The van der Waals surface area contributed by atoms with Gasteiger partial charge < -0.3 is 9.30 Å². The Morgan fingerprint density at radius 2 is 2.05 bits per heavy atom. The number of nitrogens with zero attached hydrogens (tertiary/aromatic N) is 2. The highest BCUT2D eigenvalue weighted by Crippen LogP contribution is 2.27. The van der Waals surface area contributed by atoms with E-state index in [0.29, 0.717) is 6.54 Å². The van der Waals surface area contributed by atoms with Crippen LogP contribution in [0.25, 0.3) is 22.4 Å². The van der Waals surface area contributed by atoms with Gasteiger partial charge in [-0.3, -0.25) is 0 Å². The van der Waals surface area contributed by atoms with Crippen LogP contribution in [0.1, 0.15) is 0 Å². The summed E-state index contributed by atoms with van der Waals surface area (Å²) in [5, 5.41) is 0. The largest absolute Gasteiger partial charge is 0.497 e. The number of hydrogen-bond donors (Lipinski definition) is 0. The first-order chi connectivity index (χ1) is 9.83. The molecule has 0 aliphatic carbocycles. The van der Waals surface area contributed by atoms with Crippen LogP contribution in [0.4, 0.5) is 0 Å². The normalized spacial score (nSPS) is 10.4. The van der Waals surface area contributed by atoms with E-state index in [0.717, 1.165) is 28.2 Å². The van der Waals surface area contributed by atoms with E-state index in [1.807, 2.05) is 53.1 Å². The van der Waals surface area contributed by atoms with Gasteiger partial charge >= 0.3 is 0 Å². The van der Waals surface area contributed by atoms with Crippen LogP contribution < -0.4 is 4.74 Å². The van der Waals surface area contributed by atoms with Crippen LogP contribution in [0.5, 0.6) is 5.75 Å². The Morgan fingerprint density at radius 3 is 2.85 bits per heavy atom. The maximum Gasteiger partial charge on any atom is 0.142 e. The molecule has 3 aromatic rings. The van der Waals surface area contributed by atoms with E-state index in [-0.39, 0.29) is 0 Å². The third-order valence-electron chi connectivity index (χ3n) is 3.23. The second-order valence-corrected chi connectivity index (χ2v) is 4.45. The Hall–Kier alpha value is -2.73. The summed E-state index contributed by atoms with van der Waals surface area (Å²) in [5.41, 5.74) is 2.99. The molecule has 0 aliphatic rings. The standard InChI is InChI=1S/C17H14N2O/c1-3-11-19-16-10-5-4-9-15(16)18-17(19)13-7-6-8-14(12-13)20-2/h1,4-10,12H,11H2,2H3. The number of aromatic nitrogens is 2. The van der Waals surface area contributed by atoms with Gasteiger partial charge in [0.25, 0.3) is 0 Å². The molecule has 20 heavy (non-hydrogen) atoms. The third-order valence-corrected chi connectivity index (χ3v) is 3.23. The summed E-state index contributed by atoms with van der Waals surface area (Å²) < 4.78 is 7.32. The van der Waals surface area contributed by atoms with Gasteiger partial charge in [0, 0.05) is 5.56 Å². The van der Waals surface area contributed by atoms with Crippen LogP contribution in [0.2, 0.25) is 0 Å². The van der Waals surface area contributed by atoms with Gasteiger partial charge in [0.2, 0.25) is 0 Å². The topological polar surface area (TPSA) is 27.1 Å². The number of fused-ring (bicyclic) bond motifs is 1. The molecule has 0 saturated carbocycles. The lowest BCUT2D eigenvalue weighted by Crippen LogP contribution is -1.98. The van der Waals surface area contributed by atoms with Gasteiger partial charge in [-0.05, 0) is 24.3 Å². The third kappa shape index (κ3) is 2.02. The van der Waals surface area contributed by atoms with Gasteiger partial charge in [0.1, 0.15) is 11.6 Å². The smallest absolute Gasteiger partial charge is 0.142 e. The summed E-state index contributed by atoms with van der Waals surface area (Å²) in [5.74, 6) is 4.36. The second-order valence-electron chi connectivity index (χ2n) is 4.45. The lowest BCUT2D eigenvalue weighted by Gasteiger charge is -2.07. The molecule has 2 aromatic carbocycles. The van der Waals surface area contributed by atoms with Crippen molar-refractivity contribution < 1.29 is 4.74 Å². The van der Waals surface area contributed by atoms with Crippen molar-refractivity contribution in [2.24, 2.45) is 0 Å². The summed E-state index contributed by atoms with van der Waals surface area (Å²) in [4.78, 5) is 4.69. The number of hydrogen-bond acceptors (Lipinski definition) is 2. The van der Waals surface area contributed by atoms with Crippen molar-refractivity contribution in [3.8, 4) is 29.5 Å². The number of ether oxygens (including phenoxy) is 1. The van der Waals surface area contributed by atoms with Crippen molar-refractivity contribution >= 4 is 11.0 Å². The van der Waals surface area contributed by atoms with Crippen molar-refractivity contribution in [3.05, 3.63) is 48.5 Å². The van der Waals surface area contributed by atoms with Crippen LogP contribution in [0.3, 0.4) is 0 Å². The molecule has 3 nitrogen and oxygen atoms in total. The fourth-order valence-corrected chi connectivity index (χ4v) is 2.31. The molecule has 0 unspecified atom stereocenters. The van der Waals surface area contributed by atoms with Crippen LogP contribution in [-0.4, -0.2) is 16.7 Å². The zero-order chi connectivity index (χ0) is 13.9. The lowest BCUT2D eigenvalue weighted by molar-refractivity contribution is 0.415. The highest BCUT2D eigenvalue weighted by Gasteiger charge is 2.11. The van der Waals surface area contributed by atoms with Crippen LogP contribution in [0.15, 0.2) is 48.5 Å². The van der Waals surface area contributed by atoms with Crippen LogP contribution >= 0.6 is 0 Å². The summed E-state index contributed by atoms with van der Waals surface area (Å²) in [6.45, 7) is 0.493. The highest BCUT2D eigenvalue weighted by atomic mass is 16.5. The monoisotopic (exact) mass is 262 g/mol. The fourth-order valence-electron chi connectivity index (χ4n) is 2.31. The first-order valence-electron chi connectivity index (χ1n) is 6.36.